The first kappa shape index (κ1) is 19.4. The van der Waals surface area contributed by atoms with E-state index in [0.717, 1.165) is 28.8 Å². The van der Waals surface area contributed by atoms with Crippen molar-refractivity contribution in [2.75, 3.05) is 0 Å². The Hall–Kier alpha value is -3.41. The van der Waals surface area contributed by atoms with E-state index in [1.807, 2.05) is 36.4 Å². The van der Waals surface area contributed by atoms with Crippen LogP contribution in [0.4, 0.5) is 13.2 Å². The number of carbonyl (C=O) groups excluding carboxylic acids is 1. The highest BCUT2D eigenvalue weighted by Gasteiger charge is 2.29. The monoisotopic (exact) mass is 382 g/mol. The third kappa shape index (κ3) is 4.85. The lowest BCUT2D eigenvalue weighted by Crippen LogP contribution is -2.15. The highest BCUT2D eigenvalue weighted by molar-refractivity contribution is 5.97. The molecule has 0 aliphatic carbocycles. The maximum absolute atomic E-state index is 12.7. The van der Waals surface area contributed by atoms with Gasteiger partial charge in [-0.3, -0.25) is 9.78 Å². The van der Waals surface area contributed by atoms with Crippen molar-refractivity contribution < 1.29 is 18.0 Å². The average Bonchev–Trinajstić information content (AvgIpc) is 2.68. The van der Waals surface area contributed by atoms with Crippen LogP contribution in [0.5, 0.6) is 0 Å². The number of nitrogens with two attached hydrogens (primary N) is 1. The number of rotatable bonds is 5. The molecule has 6 heteroatoms. The van der Waals surface area contributed by atoms with Crippen molar-refractivity contribution in [3.8, 4) is 11.1 Å². The van der Waals surface area contributed by atoms with Gasteiger partial charge in [0.15, 0.2) is 0 Å². The molecule has 0 fully saturated rings. The molecule has 0 aliphatic rings. The molecular weight excluding hydrogens is 365 g/mol. The van der Waals surface area contributed by atoms with E-state index in [4.69, 9.17) is 5.73 Å². The average molecular weight is 382 g/mol. The number of primary amides is 1. The molecule has 0 saturated heterocycles. The molecule has 0 spiro atoms. The number of carbonyl (C=O) groups is 1. The Bertz CT molecular complexity index is 977. The van der Waals surface area contributed by atoms with Crippen LogP contribution in [0, 0.1) is 0 Å². The summed E-state index contributed by atoms with van der Waals surface area (Å²) in [6.07, 6.45) is 0.819. The van der Waals surface area contributed by atoms with E-state index in [1.165, 1.54) is 18.2 Å². The van der Waals surface area contributed by atoms with Gasteiger partial charge in [0.1, 0.15) is 0 Å². The van der Waals surface area contributed by atoms with Crippen LogP contribution in [0.2, 0.25) is 0 Å². The predicted octanol–water partition coefficient (Wildman–Crippen LogP) is 4.88. The smallest absolute Gasteiger partial charge is 0.366 e. The highest BCUT2D eigenvalue weighted by atomic mass is 19.4. The Morgan fingerprint density at radius 2 is 1.46 bits per heavy atom. The number of nitrogens with zero attached hydrogens (tertiary/aromatic N) is 1. The molecule has 0 radical (unpaired) electrons. The van der Waals surface area contributed by atoms with Crippen molar-refractivity contribution in [2.24, 2.45) is 5.73 Å². The van der Waals surface area contributed by atoms with Crippen LogP contribution in [-0.2, 0) is 17.4 Å². The van der Waals surface area contributed by atoms with E-state index in [1.54, 1.807) is 12.4 Å². The number of hydrogen-bond acceptors (Lipinski definition) is 2. The lowest BCUT2D eigenvalue weighted by Gasteiger charge is -2.08. The fourth-order valence-corrected chi connectivity index (χ4v) is 2.76. The van der Waals surface area contributed by atoms with Gasteiger partial charge in [0.05, 0.1) is 5.56 Å². The van der Waals surface area contributed by atoms with Crippen LogP contribution in [0.1, 0.15) is 16.7 Å². The third-order valence-corrected chi connectivity index (χ3v) is 4.26. The van der Waals surface area contributed by atoms with Gasteiger partial charge in [0.25, 0.3) is 0 Å². The predicted molar refractivity (Wildman–Crippen MR) is 102 cm³/mol. The van der Waals surface area contributed by atoms with Crippen molar-refractivity contribution in [2.45, 2.75) is 12.6 Å². The molecule has 0 aliphatic heterocycles. The lowest BCUT2D eigenvalue weighted by molar-refractivity contribution is -0.137. The van der Waals surface area contributed by atoms with Gasteiger partial charge in [0.2, 0.25) is 5.91 Å². The van der Waals surface area contributed by atoms with Crippen molar-refractivity contribution in [1.82, 2.24) is 4.98 Å². The van der Waals surface area contributed by atoms with E-state index < -0.39 is 17.6 Å². The van der Waals surface area contributed by atoms with Gasteiger partial charge in [-0.2, -0.15) is 13.2 Å². The van der Waals surface area contributed by atoms with Crippen LogP contribution in [0.25, 0.3) is 17.2 Å². The SMILES string of the molecule is NC(=O)/C(=C\c1ccc(C(F)(F)F)cc1)Cc1ccc(-c2ccncc2)cc1. The molecule has 28 heavy (non-hydrogen) atoms. The van der Waals surface area contributed by atoms with Crippen LogP contribution in [0.3, 0.4) is 0 Å². The van der Waals surface area contributed by atoms with Crippen LogP contribution in [-0.4, -0.2) is 10.9 Å². The summed E-state index contributed by atoms with van der Waals surface area (Å²) in [5.41, 5.74) is 8.42. The summed E-state index contributed by atoms with van der Waals surface area (Å²) < 4.78 is 38.0. The summed E-state index contributed by atoms with van der Waals surface area (Å²) in [5.74, 6) is -0.613. The minimum Gasteiger partial charge on any atom is -0.366 e. The van der Waals surface area contributed by atoms with Gasteiger partial charge in [-0.05, 0) is 52.6 Å². The summed E-state index contributed by atoms with van der Waals surface area (Å²) in [4.78, 5) is 15.8. The van der Waals surface area contributed by atoms with E-state index in [9.17, 15) is 18.0 Å². The minimum atomic E-state index is -4.40. The van der Waals surface area contributed by atoms with Crippen molar-refractivity contribution in [3.05, 3.63) is 95.3 Å². The molecular formula is C22H17F3N2O. The molecule has 3 aromatic rings. The van der Waals surface area contributed by atoms with Crippen molar-refractivity contribution in [1.29, 1.82) is 0 Å². The van der Waals surface area contributed by atoms with Crippen LogP contribution >= 0.6 is 0 Å². The van der Waals surface area contributed by atoms with Crippen LogP contribution < -0.4 is 5.73 Å². The molecule has 1 heterocycles. The summed E-state index contributed by atoms with van der Waals surface area (Å²) in [7, 11) is 0. The first-order valence-corrected chi connectivity index (χ1v) is 8.50. The zero-order chi connectivity index (χ0) is 20.1. The first-order valence-electron chi connectivity index (χ1n) is 8.50. The lowest BCUT2D eigenvalue weighted by atomic mass is 9.99. The molecule has 0 atom stereocenters. The van der Waals surface area contributed by atoms with Gasteiger partial charge in [-0.15, -0.1) is 0 Å². The summed E-state index contributed by atoms with van der Waals surface area (Å²) in [6, 6.07) is 16.0. The molecule has 3 rings (SSSR count). The molecule has 2 aromatic carbocycles. The third-order valence-electron chi connectivity index (χ3n) is 4.26. The zero-order valence-corrected chi connectivity index (χ0v) is 14.8. The molecule has 2 N–H and O–H groups in total. The Morgan fingerprint density at radius 1 is 0.893 bits per heavy atom. The second-order valence-corrected chi connectivity index (χ2v) is 6.26. The fourth-order valence-electron chi connectivity index (χ4n) is 2.76. The van der Waals surface area contributed by atoms with E-state index >= 15 is 0 Å². The maximum atomic E-state index is 12.7. The Kier molecular flexibility index (Phi) is 5.59. The van der Waals surface area contributed by atoms with Gasteiger partial charge in [0, 0.05) is 24.4 Å². The quantitative estimate of drug-likeness (QED) is 0.640. The molecule has 3 nitrogen and oxygen atoms in total. The number of alkyl halides is 3. The summed E-state index contributed by atoms with van der Waals surface area (Å²) in [5, 5.41) is 0. The van der Waals surface area contributed by atoms with Gasteiger partial charge < -0.3 is 5.73 Å². The fraction of sp³-hybridized carbons (Fsp3) is 0.0909. The maximum Gasteiger partial charge on any atom is 0.416 e. The number of halogens is 3. The highest BCUT2D eigenvalue weighted by Crippen LogP contribution is 2.29. The summed E-state index contributed by atoms with van der Waals surface area (Å²) >= 11 is 0. The molecule has 0 saturated carbocycles. The molecule has 142 valence electrons. The number of amides is 1. The first-order chi connectivity index (χ1) is 13.3. The van der Waals surface area contributed by atoms with Gasteiger partial charge in [-0.25, -0.2) is 0 Å². The Labute approximate surface area is 160 Å². The second kappa shape index (κ2) is 8.08. The summed E-state index contributed by atoms with van der Waals surface area (Å²) in [6.45, 7) is 0. The number of aromatic nitrogens is 1. The topological polar surface area (TPSA) is 56.0 Å². The largest absolute Gasteiger partial charge is 0.416 e. The Balaban J connectivity index is 1.79. The minimum absolute atomic E-state index is 0.285. The van der Waals surface area contributed by atoms with E-state index in [0.29, 0.717) is 11.1 Å². The van der Waals surface area contributed by atoms with Gasteiger partial charge >= 0.3 is 6.18 Å². The number of pyridine rings is 1. The zero-order valence-electron chi connectivity index (χ0n) is 14.8. The number of benzene rings is 2. The van der Waals surface area contributed by atoms with Gasteiger partial charge in [-0.1, -0.05) is 36.4 Å². The van der Waals surface area contributed by atoms with Crippen molar-refractivity contribution >= 4 is 12.0 Å². The molecule has 1 aromatic heterocycles. The Morgan fingerprint density at radius 3 is 2.00 bits per heavy atom. The second-order valence-electron chi connectivity index (χ2n) is 6.26. The van der Waals surface area contributed by atoms with Crippen molar-refractivity contribution in [3.63, 3.8) is 0 Å². The standard InChI is InChI=1S/C22H17F3N2O/c23-22(24,25)20-7-3-16(4-8-20)14-19(21(26)28)13-15-1-5-17(6-2-15)18-9-11-27-12-10-18/h1-12,14H,13H2,(H2,26,28)/b19-14-. The van der Waals surface area contributed by atoms with E-state index in [-0.39, 0.29) is 6.42 Å². The van der Waals surface area contributed by atoms with Crippen LogP contribution in [0.15, 0.2) is 78.6 Å². The number of hydrogen-bond donors (Lipinski definition) is 1. The molecule has 0 unspecified atom stereocenters. The molecule has 1 amide bonds. The normalized spacial score (nSPS) is 12.0. The molecule has 0 bridgehead atoms. The van der Waals surface area contributed by atoms with E-state index in [2.05, 4.69) is 4.98 Å².